The van der Waals surface area contributed by atoms with Crippen LogP contribution >= 0.6 is 11.6 Å². The van der Waals surface area contributed by atoms with E-state index < -0.39 is 35.5 Å². The molecule has 3 aromatic rings. The topological polar surface area (TPSA) is 181 Å². The summed E-state index contributed by atoms with van der Waals surface area (Å²) in [4.78, 5) is 72.4. The van der Waals surface area contributed by atoms with Gasteiger partial charge in [-0.15, -0.1) is 23.4 Å². The smallest absolute Gasteiger partial charge is 0.272 e. The molecule has 2 N–H and O–H groups in total. The number of allylic oxidation sites excluding steroid dienone is 1. The molecule has 17 heteroatoms. The van der Waals surface area contributed by atoms with Crippen LogP contribution in [0.5, 0.6) is 5.75 Å². The number of anilines is 2. The van der Waals surface area contributed by atoms with Crippen molar-refractivity contribution in [3.05, 3.63) is 101 Å². The molecule has 5 aliphatic heterocycles. The van der Waals surface area contributed by atoms with E-state index in [0.29, 0.717) is 41.7 Å². The Balaban J connectivity index is 0.785. The van der Waals surface area contributed by atoms with Crippen LogP contribution < -0.4 is 25.2 Å². The summed E-state index contributed by atoms with van der Waals surface area (Å²) < 4.78 is 22.2. The molecule has 2 saturated carbocycles. The number of carbonyl (C=O) groups excluding carboxylic acids is 5. The van der Waals surface area contributed by atoms with Crippen molar-refractivity contribution in [1.29, 1.82) is 5.26 Å². The normalized spacial score (nSPS) is 31.4. The second-order valence-electron chi connectivity index (χ2n) is 18.9. The second kappa shape index (κ2) is 15.8. The molecule has 2 aliphatic carbocycles. The van der Waals surface area contributed by atoms with Crippen LogP contribution in [0.4, 0.5) is 15.9 Å². The van der Waals surface area contributed by atoms with E-state index in [1.807, 2.05) is 23.1 Å². The summed E-state index contributed by atoms with van der Waals surface area (Å²) in [5, 5.41) is 23.8. The Bertz CT molecular complexity index is 2610. The first-order valence-corrected chi connectivity index (χ1v) is 22.7. The molecule has 6 fully saturated rings. The summed E-state index contributed by atoms with van der Waals surface area (Å²) in [6.07, 6.45) is 9.53. The quantitative estimate of drug-likeness (QED) is 0.171. The van der Waals surface area contributed by atoms with Gasteiger partial charge in [0.05, 0.1) is 39.2 Å². The van der Waals surface area contributed by atoms with Gasteiger partial charge in [0.25, 0.3) is 17.7 Å². The van der Waals surface area contributed by atoms with Crippen LogP contribution in [0.2, 0.25) is 5.02 Å². The van der Waals surface area contributed by atoms with Crippen molar-refractivity contribution in [2.45, 2.75) is 94.6 Å². The first-order valence-electron chi connectivity index (χ1n) is 22.3. The number of amides is 5. The number of hydrogen-bond donors (Lipinski definition) is 2. The van der Waals surface area contributed by atoms with Crippen molar-refractivity contribution >= 4 is 52.6 Å². The number of nitriles is 1. The van der Waals surface area contributed by atoms with Gasteiger partial charge in [0.15, 0.2) is 11.5 Å². The van der Waals surface area contributed by atoms with Crippen LogP contribution in [0, 0.1) is 33.9 Å². The molecule has 10 rings (SSSR count). The van der Waals surface area contributed by atoms with Gasteiger partial charge in [-0.1, -0.05) is 23.8 Å². The summed E-state index contributed by atoms with van der Waals surface area (Å²) in [6, 6.07) is 12.4. The minimum absolute atomic E-state index is 0.00833. The van der Waals surface area contributed by atoms with Crippen LogP contribution in [-0.2, 0) is 9.59 Å². The largest absolute Gasteiger partial charge is 0.490 e. The van der Waals surface area contributed by atoms with Gasteiger partial charge in [-0.25, -0.2) is 4.39 Å². The van der Waals surface area contributed by atoms with E-state index in [-0.39, 0.29) is 81.9 Å². The molecule has 0 spiro atoms. The van der Waals surface area contributed by atoms with Crippen molar-refractivity contribution in [2.24, 2.45) is 16.7 Å². The molecule has 4 saturated heterocycles. The third-order valence-corrected chi connectivity index (χ3v) is 16.0. The van der Waals surface area contributed by atoms with Gasteiger partial charge in [-0.05, 0) is 101 Å². The van der Waals surface area contributed by atoms with E-state index in [0.717, 1.165) is 62.6 Å². The molecule has 5 amide bonds. The molecule has 6 heterocycles. The molecular formula is C48H49ClFN9O6. The van der Waals surface area contributed by atoms with Crippen molar-refractivity contribution in [3.8, 4) is 11.8 Å². The highest BCUT2D eigenvalue weighted by molar-refractivity contribution is 6.31. The first kappa shape index (κ1) is 42.8. The van der Waals surface area contributed by atoms with Crippen molar-refractivity contribution < 1.29 is 33.1 Å². The number of nitrogens with zero attached hydrogens (tertiary/aromatic N) is 7. The number of rotatable bonds is 12. The molecule has 6 atom stereocenters. The Morgan fingerprint density at radius 2 is 1.80 bits per heavy atom. The molecule has 2 aromatic carbocycles. The van der Waals surface area contributed by atoms with Crippen LogP contribution in [0.25, 0.3) is 0 Å². The fraction of sp³-hybridized carbons (Fsp3) is 0.458. The van der Waals surface area contributed by atoms with Crippen LogP contribution in [0.15, 0.2) is 67.8 Å². The lowest BCUT2D eigenvalue weighted by atomic mass is 9.93. The van der Waals surface area contributed by atoms with Crippen LogP contribution in [-0.4, -0.2) is 106 Å². The zero-order valence-corrected chi connectivity index (χ0v) is 36.8. The number of halogens is 2. The average molecular weight is 902 g/mol. The molecule has 2 bridgehead atoms. The third kappa shape index (κ3) is 6.71. The minimum atomic E-state index is -1.14. The standard InChI is InChI=1S/C48H49ClFN9O6/c1-4-17-48-26-56(38-21-33-32(20-35(38)50)44(63)59(45(33)64)37-13-15-41(60)53-43(37)62)25-47(48,5-2)39(48)24-57-29-16-18-46(57,3)58(23-29)40-14-12-36(54-55-40)42(61)52-28-7-10-30(11-8-28)65-31-9-6-27(22-51)34(49)19-31/h4-6,9,12,14,19-21,28-30,37,39H,1-2,7-8,10-11,13,15-18,23-26H2,3H3,(H,52,61)(H,53,60,62)/t28?,29-,30?,37?,39?,46-,47?,48?/m1/s1. The van der Waals surface area contributed by atoms with Gasteiger partial charge in [0, 0.05) is 61.6 Å². The van der Waals surface area contributed by atoms with Crippen molar-refractivity contribution in [1.82, 2.24) is 30.6 Å². The number of nitrogens with one attached hydrogen (secondary N) is 2. The molecule has 15 nitrogen and oxygen atoms in total. The van der Waals surface area contributed by atoms with E-state index in [9.17, 15) is 24.0 Å². The average Bonchev–Trinajstić information content (AvgIpc) is 3.66. The fourth-order valence-electron chi connectivity index (χ4n) is 12.3. The molecule has 0 radical (unpaired) electrons. The maximum absolute atomic E-state index is 16.1. The Morgan fingerprint density at radius 1 is 1.03 bits per heavy atom. The molecule has 4 unspecified atom stereocenters. The summed E-state index contributed by atoms with van der Waals surface area (Å²) in [5.74, 6) is -2.02. The van der Waals surface area contributed by atoms with E-state index in [4.69, 9.17) is 21.6 Å². The Hall–Kier alpha value is -6.18. The maximum atomic E-state index is 16.1. The zero-order valence-electron chi connectivity index (χ0n) is 36.0. The number of aromatic nitrogens is 2. The SMILES string of the molecule is C=CCC12CN(c3cc4c(cc3F)C(=O)N(C3CCC(=O)NC3=O)C4=O)CC1(C=C)C2CN1[C@@H]2CC[C@@]1(C)N(c1ccc(C(=O)NC3CCC(Oc4ccc(C#N)c(Cl)c4)CC3)nn1)C2. The number of benzene rings is 2. The zero-order chi connectivity index (χ0) is 45.6. The number of hydrogen-bond acceptors (Lipinski definition) is 12. The van der Waals surface area contributed by atoms with E-state index >= 15 is 4.39 Å². The lowest BCUT2D eigenvalue weighted by Gasteiger charge is -2.40. The third-order valence-electron chi connectivity index (χ3n) is 15.7. The van der Waals surface area contributed by atoms with Gasteiger partial charge in [-0.3, -0.25) is 39.1 Å². The molecule has 65 heavy (non-hydrogen) atoms. The van der Waals surface area contributed by atoms with Crippen LogP contribution in [0.1, 0.15) is 101 Å². The number of ether oxygens (including phenoxy) is 1. The number of imide groups is 2. The van der Waals surface area contributed by atoms with E-state index in [2.05, 4.69) is 56.8 Å². The Labute approximate surface area is 380 Å². The summed E-state index contributed by atoms with van der Waals surface area (Å²) in [5.41, 5.74) is -0.228. The predicted molar refractivity (Wildman–Crippen MR) is 236 cm³/mol. The number of fused-ring (bicyclic) bond motifs is 4. The highest BCUT2D eigenvalue weighted by Crippen LogP contribution is 2.76. The highest BCUT2D eigenvalue weighted by atomic mass is 35.5. The van der Waals surface area contributed by atoms with E-state index in [1.54, 1.807) is 24.3 Å². The summed E-state index contributed by atoms with van der Waals surface area (Å²) in [7, 11) is 0. The fourth-order valence-corrected chi connectivity index (χ4v) is 12.5. The predicted octanol–water partition coefficient (Wildman–Crippen LogP) is 5.55. The van der Waals surface area contributed by atoms with Crippen molar-refractivity contribution in [2.75, 3.05) is 36.0 Å². The lowest BCUT2D eigenvalue weighted by molar-refractivity contribution is -0.136. The number of carbonyl (C=O) groups is 5. The van der Waals surface area contributed by atoms with Gasteiger partial charge >= 0.3 is 0 Å². The van der Waals surface area contributed by atoms with Gasteiger partial charge in [-0.2, -0.15) is 5.26 Å². The van der Waals surface area contributed by atoms with Gasteiger partial charge in [0.2, 0.25) is 11.8 Å². The summed E-state index contributed by atoms with van der Waals surface area (Å²) >= 11 is 6.18. The molecule has 336 valence electrons. The monoisotopic (exact) mass is 901 g/mol. The Morgan fingerprint density at radius 3 is 2.48 bits per heavy atom. The maximum Gasteiger partial charge on any atom is 0.272 e. The summed E-state index contributed by atoms with van der Waals surface area (Å²) in [6.45, 7) is 13.1. The molecular weight excluding hydrogens is 853 g/mol. The highest BCUT2D eigenvalue weighted by Gasteiger charge is 2.78. The molecule has 1 aromatic heterocycles. The molecule has 7 aliphatic rings. The van der Waals surface area contributed by atoms with E-state index in [1.165, 1.54) is 6.07 Å². The first-order chi connectivity index (χ1) is 31.2. The van der Waals surface area contributed by atoms with Gasteiger partial charge in [0.1, 0.15) is 23.7 Å². The second-order valence-corrected chi connectivity index (χ2v) is 19.3. The minimum Gasteiger partial charge on any atom is -0.490 e. The van der Waals surface area contributed by atoms with Crippen molar-refractivity contribution in [3.63, 3.8) is 0 Å². The number of piperidine rings is 3. The van der Waals surface area contributed by atoms with Crippen LogP contribution in [0.3, 0.4) is 0 Å². The Kier molecular flexibility index (Phi) is 10.4. The lowest BCUT2D eigenvalue weighted by Crippen LogP contribution is -2.54. The van der Waals surface area contributed by atoms with Gasteiger partial charge < -0.3 is 19.9 Å².